The molecule has 0 radical (unpaired) electrons. The summed E-state index contributed by atoms with van der Waals surface area (Å²) in [6, 6.07) is 44.5. The molecule has 0 saturated heterocycles. The number of ether oxygens (including phenoxy) is 2. The number of para-hydroxylation sites is 1. The van der Waals surface area contributed by atoms with Crippen LogP contribution in [0.2, 0.25) is 0 Å². The van der Waals surface area contributed by atoms with Gasteiger partial charge in [-0.1, -0.05) is 118 Å². The van der Waals surface area contributed by atoms with Crippen LogP contribution in [-0.4, -0.2) is 13.2 Å². The Bertz CT molecular complexity index is 1510. The molecule has 0 heterocycles. The van der Waals surface area contributed by atoms with Crippen LogP contribution in [0.5, 0.6) is 11.5 Å². The average molecular weight is 594 g/mol. The van der Waals surface area contributed by atoms with Crippen LogP contribution in [0.25, 0.3) is 24.3 Å². The van der Waals surface area contributed by atoms with E-state index in [0.717, 1.165) is 89.7 Å². The molecule has 0 aromatic heterocycles. The topological polar surface area (TPSA) is 21.7 Å². The minimum Gasteiger partial charge on any atom is -0.494 e. The second-order valence-electron chi connectivity index (χ2n) is 11.1. The van der Waals surface area contributed by atoms with Crippen molar-refractivity contribution >= 4 is 41.4 Å². The first-order valence-corrected chi connectivity index (χ1v) is 16.1. The van der Waals surface area contributed by atoms with Gasteiger partial charge in [0, 0.05) is 17.1 Å². The Morgan fingerprint density at radius 2 is 0.756 bits per heavy atom. The molecule has 0 aliphatic heterocycles. The summed E-state index contributed by atoms with van der Waals surface area (Å²) in [6.07, 6.45) is 13.0. The second kappa shape index (κ2) is 16.7. The Hall–Kier alpha value is -5.02. The lowest BCUT2D eigenvalue weighted by Gasteiger charge is -2.25. The Morgan fingerprint density at radius 1 is 0.422 bits per heavy atom. The minimum atomic E-state index is 0.768. The molecule has 0 N–H and O–H groups in total. The highest BCUT2D eigenvalue weighted by molar-refractivity contribution is 5.79. The van der Waals surface area contributed by atoms with Gasteiger partial charge in [-0.15, -0.1) is 0 Å². The first-order valence-electron chi connectivity index (χ1n) is 16.1. The van der Waals surface area contributed by atoms with E-state index >= 15 is 0 Å². The van der Waals surface area contributed by atoms with Gasteiger partial charge in [0.15, 0.2) is 0 Å². The fraction of sp³-hybridized carbons (Fsp3) is 0.190. The highest BCUT2D eigenvalue weighted by Crippen LogP contribution is 2.35. The number of nitrogens with zero attached hydrogens (tertiary/aromatic N) is 1. The average Bonchev–Trinajstić information content (AvgIpc) is 3.09. The van der Waals surface area contributed by atoms with Crippen LogP contribution >= 0.6 is 0 Å². The summed E-state index contributed by atoms with van der Waals surface area (Å²) in [5.41, 5.74) is 7.93. The fourth-order valence-corrected chi connectivity index (χ4v) is 4.90. The molecule has 0 amide bonds. The van der Waals surface area contributed by atoms with E-state index < -0.39 is 0 Å². The molecule has 0 aliphatic rings. The molecule has 0 fully saturated rings. The zero-order valence-corrected chi connectivity index (χ0v) is 26.4. The van der Waals surface area contributed by atoms with E-state index in [-0.39, 0.29) is 0 Å². The standard InChI is InChI=1S/C42H43NO2/c1-3-5-32-44-41-28-20-36(21-29-41)14-12-34-16-24-39(25-17-34)43(38-10-8-7-9-11-38)40-26-18-35(19-27-40)13-15-37-22-30-42(31-23-37)45-33-6-4-2/h7-31H,3-6,32-33H2,1-2H3/b14-12+,15-13+. The number of anilines is 3. The quantitative estimate of drug-likeness (QED) is 0.0890. The van der Waals surface area contributed by atoms with Gasteiger partial charge >= 0.3 is 0 Å². The van der Waals surface area contributed by atoms with E-state index in [1.54, 1.807) is 0 Å². The summed E-state index contributed by atoms with van der Waals surface area (Å²) in [5.74, 6) is 1.85. The number of benzene rings is 5. The fourth-order valence-electron chi connectivity index (χ4n) is 4.90. The van der Waals surface area contributed by atoms with Gasteiger partial charge in [0.25, 0.3) is 0 Å². The van der Waals surface area contributed by atoms with E-state index in [1.807, 2.05) is 24.3 Å². The highest BCUT2D eigenvalue weighted by Gasteiger charge is 2.12. The van der Waals surface area contributed by atoms with Crippen LogP contribution in [0.4, 0.5) is 17.1 Å². The van der Waals surface area contributed by atoms with Gasteiger partial charge < -0.3 is 14.4 Å². The van der Waals surface area contributed by atoms with Gasteiger partial charge in [0.2, 0.25) is 0 Å². The highest BCUT2D eigenvalue weighted by atomic mass is 16.5. The SMILES string of the molecule is CCCCOc1ccc(/C=C/c2ccc(N(c3ccccc3)c3ccc(/C=C/c4ccc(OCCCC)cc4)cc3)cc2)cc1. The Labute approximate surface area is 269 Å². The van der Waals surface area contributed by atoms with Crippen LogP contribution < -0.4 is 14.4 Å². The largest absolute Gasteiger partial charge is 0.494 e. The molecule has 0 saturated carbocycles. The molecule has 5 aromatic rings. The van der Waals surface area contributed by atoms with Crippen molar-refractivity contribution in [3.63, 3.8) is 0 Å². The maximum atomic E-state index is 5.79. The summed E-state index contributed by atoms with van der Waals surface area (Å²) in [5, 5.41) is 0. The lowest BCUT2D eigenvalue weighted by molar-refractivity contribution is 0.309. The van der Waals surface area contributed by atoms with Crippen molar-refractivity contribution in [2.24, 2.45) is 0 Å². The molecule has 3 heteroatoms. The van der Waals surface area contributed by atoms with Crippen LogP contribution in [0.1, 0.15) is 61.8 Å². The van der Waals surface area contributed by atoms with Crippen molar-refractivity contribution in [2.75, 3.05) is 18.1 Å². The normalized spacial score (nSPS) is 11.2. The molecular formula is C42H43NO2. The predicted molar refractivity (Wildman–Crippen MR) is 193 cm³/mol. The zero-order valence-electron chi connectivity index (χ0n) is 26.4. The molecule has 0 unspecified atom stereocenters. The lowest BCUT2D eigenvalue weighted by Crippen LogP contribution is -2.09. The number of hydrogen-bond donors (Lipinski definition) is 0. The van der Waals surface area contributed by atoms with Crippen molar-refractivity contribution < 1.29 is 9.47 Å². The first kappa shape index (κ1) is 31.4. The molecule has 0 bridgehead atoms. The van der Waals surface area contributed by atoms with Gasteiger partial charge in [0.1, 0.15) is 11.5 Å². The van der Waals surface area contributed by atoms with E-state index in [0.29, 0.717) is 0 Å². The summed E-state index contributed by atoms with van der Waals surface area (Å²) < 4.78 is 11.6. The molecule has 0 aliphatic carbocycles. The van der Waals surface area contributed by atoms with Gasteiger partial charge in [0.05, 0.1) is 13.2 Å². The second-order valence-corrected chi connectivity index (χ2v) is 11.1. The molecule has 45 heavy (non-hydrogen) atoms. The Balaban J connectivity index is 1.27. The third kappa shape index (κ3) is 9.48. The molecule has 5 aromatic carbocycles. The summed E-state index contributed by atoms with van der Waals surface area (Å²) >= 11 is 0. The summed E-state index contributed by atoms with van der Waals surface area (Å²) in [7, 11) is 0. The Kier molecular flexibility index (Phi) is 11.7. The molecule has 0 spiro atoms. The van der Waals surface area contributed by atoms with Crippen molar-refractivity contribution in [3.05, 3.63) is 150 Å². The Morgan fingerprint density at radius 3 is 1.11 bits per heavy atom. The van der Waals surface area contributed by atoms with Crippen molar-refractivity contribution in [3.8, 4) is 11.5 Å². The van der Waals surface area contributed by atoms with Crippen molar-refractivity contribution in [2.45, 2.75) is 39.5 Å². The molecule has 3 nitrogen and oxygen atoms in total. The predicted octanol–water partition coefficient (Wildman–Crippen LogP) is 11.9. The molecular weight excluding hydrogens is 550 g/mol. The maximum absolute atomic E-state index is 5.79. The van der Waals surface area contributed by atoms with Gasteiger partial charge in [-0.05, 0) is 95.8 Å². The van der Waals surface area contributed by atoms with Crippen LogP contribution in [0.3, 0.4) is 0 Å². The first-order chi connectivity index (χ1) is 22.2. The maximum Gasteiger partial charge on any atom is 0.119 e. The molecule has 228 valence electrons. The van der Waals surface area contributed by atoms with Gasteiger partial charge in [-0.25, -0.2) is 0 Å². The van der Waals surface area contributed by atoms with Crippen LogP contribution in [0.15, 0.2) is 127 Å². The third-order valence-electron chi connectivity index (χ3n) is 7.55. The number of rotatable bonds is 15. The zero-order chi connectivity index (χ0) is 31.1. The van der Waals surface area contributed by atoms with E-state index in [4.69, 9.17) is 9.47 Å². The molecule has 0 atom stereocenters. The summed E-state index contributed by atoms with van der Waals surface area (Å²) in [6.45, 7) is 5.88. The van der Waals surface area contributed by atoms with Crippen molar-refractivity contribution in [1.29, 1.82) is 0 Å². The third-order valence-corrected chi connectivity index (χ3v) is 7.55. The van der Waals surface area contributed by atoms with Crippen LogP contribution in [-0.2, 0) is 0 Å². The van der Waals surface area contributed by atoms with E-state index in [1.165, 1.54) is 0 Å². The molecule has 5 rings (SSSR count). The summed E-state index contributed by atoms with van der Waals surface area (Å²) in [4.78, 5) is 2.29. The number of unbranched alkanes of at least 4 members (excludes halogenated alkanes) is 2. The van der Waals surface area contributed by atoms with E-state index in [9.17, 15) is 0 Å². The van der Waals surface area contributed by atoms with Crippen molar-refractivity contribution in [1.82, 2.24) is 0 Å². The van der Waals surface area contributed by atoms with E-state index in [2.05, 4.69) is 146 Å². The van der Waals surface area contributed by atoms with Gasteiger partial charge in [-0.2, -0.15) is 0 Å². The lowest BCUT2D eigenvalue weighted by atomic mass is 10.1. The van der Waals surface area contributed by atoms with Crippen LogP contribution in [0, 0.1) is 0 Å². The monoisotopic (exact) mass is 593 g/mol. The minimum absolute atomic E-state index is 0.768. The smallest absolute Gasteiger partial charge is 0.119 e. The van der Waals surface area contributed by atoms with Gasteiger partial charge in [-0.3, -0.25) is 0 Å². The number of hydrogen-bond acceptors (Lipinski definition) is 3.